The highest BCUT2D eigenvalue weighted by atomic mass is 79.9. The van der Waals surface area contributed by atoms with Gasteiger partial charge in [0.15, 0.2) is 0 Å². The summed E-state index contributed by atoms with van der Waals surface area (Å²) in [5, 5.41) is 0. The van der Waals surface area contributed by atoms with Gasteiger partial charge in [-0.2, -0.15) is 0 Å². The quantitative estimate of drug-likeness (QED) is 0.457. The van der Waals surface area contributed by atoms with E-state index in [0.717, 1.165) is 0 Å². The first-order chi connectivity index (χ1) is 10.9. The first kappa shape index (κ1) is 18.4. The fourth-order valence-electron chi connectivity index (χ4n) is 2.08. The van der Waals surface area contributed by atoms with Crippen LogP contribution in [0.25, 0.3) is 0 Å². The molecule has 2 aromatic rings. The molecule has 0 saturated heterocycles. The van der Waals surface area contributed by atoms with E-state index < -0.39 is 8.56 Å². The van der Waals surface area contributed by atoms with E-state index in [1.54, 1.807) is 12.1 Å². The van der Waals surface area contributed by atoms with Crippen molar-refractivity contribution < 1.29 is 17.6 Å². The lowest BCUT2D eigenvalue weighted by Gasteiger charge is -2.30. The first-order valence-corrected chi connectivity index (χ1v) is 11.0. The molecule has 7 heteroatoms. The van der Waals surface area contributed by atoms with Crippen LogP contribution < -0.4 is 8.85 Å². The second-order valence-corrected chi connectivity index (χ2v) is 10.3. The minimum atomic E-state index is -2.63. The van der Waals surface area contributed by atoms with Crippen molar-refractivity contribution in [2.75, 3.05) is 0 Å². The van der Waals surface area contributed by atoms with Gasteiger partial charge in [0, 0.05) is 12.1 Å². The summed E-state index contributed by atoms with van der Waals surface area (Å²) in [4.78, 5) is 0. The summed E-state index contributed by atoms with van der Waals surface area (Å²) in [7, 11) is -2.63. The molecule has 0 aliphatic rings. The molecule has 0 amide bonds. The fraction of sp³-hybridized carbons (Fsp3) is 0.250. The summed E-state index contributed by atoms with van der Waals surface area (Å²) in [5.41, 5.74) is 0. The number of hydrogen-bond acceptors (Lipinski definition) is 2. The Kier molecular flexibility index (Phi) is 6.22. The topological polar surface area (TPSA) is 18.5 Å². The second kappa shape index (κ2) is 7.77. The van der Waals surface area contributed by atoms with Gasteiger partial charge in [0.2, 0.25) is 0 Å². The van der Waals surface area contributed by atoms with Crippen LogP contribution in [0.5, 0.6) is 11.5 Å². The van der Waals surface area contributed by atoms with Crippen LogP contribution in [0.2, 0.25) is 12.1 Å². The molecule has 0 spiro atoms. The lowest BCUT2D eigenvalue weighted by Crippen LogP contribution is -2.47. The van der Waals surface area contributed by atoms with Crippen molar-refractivity contribution in [3.63, 3.8) is 0 Å². The Balaban J connectivity index is 2.31. The van der Waals surface area contributed by atoms with Crippen molar-refractivity contribution in [2.24, 2.45) is 0 Å². The zero-order valence-corrected chi connectivity index (χ0v) is 16.9. The smallest absolute Gasteiger partial charge is 0.459 e. The maximum Gasteiger partial charge on any atom is 0.459 e. The van der Waals surface area contributed by atoms with E-state index in [9.17, 15) is 8.78 Å². The summed E-state index contributed by atoms with van der Waals surface area (Å²) < 4.78 is 39.9. The standard InChI is InChI=1S/C16H16Br2F2O2Si/c1-3-23(4-2,21-15-7-5-11(19)9-13(15)17)22-16-8-6-12(20)10-14(16)18/h5-10H,3-4H2,1-2H3. The average Bonchev–Trinajstić information content (AvgIpc) is 2.51. The molecule has 0 unspecified atom stereocenters. The number of hydrogen-bond donors (Lipinski definition) is 0. The fourth-order valence-corrected chi connectivity index (χ4v) is 5.52. The molecule has 0 bridgehead atoms. The zero-order chi connectivity index (χ0) is 17.0. The van der Waals surface area contributed by atoms with E-state index in [2.05, 4.69) is 31.9 Å². The monoisotopic (exact) mass is 464 g/mol. The van der Waals surface area contributed by atoms with Crippen LogP contribution >= 0.6 is 31.9 Å². The maximum absolute atomic E-state index is 13.2. The predicted octanol–water partition coefficient (Wildman–Crippen LogP) is 6.43. The highest BCUT2D eigenvalue weighted by Gasteiger charge is 2.39. The minimum Gasteiger partial charge on any atom is -0.511 e. The van der Waals surface area contributed by atoms with Crippen molar-refractivity contribution in [3.8, 4) is 11.5 Å². The molecule has 2 nitrogen and oxygen atoms in total. The summed E-state index contributed by atoms with van der Waals surface area (Å²) in [6, 6.07) is 9.94. The van der Waals surface area contributed by atoms with Gasteiger partial charge in [0.05, 0.1) is 8.95 Å². The SMILES string of the molecule is CC[Si](CC)(Oc1ccc(F)cc1Br)Oc1ccc(F)cc1Br. The Morgan fingerprint density at radius 1 is 0.826 bits per heavy atom. The van der Waals surface area contributed by atoms with E-state index in [1.165, 1.54) is 24.3 Å². The average molecular weight is 466 g/mol. The molecular weight excluding hydrogens is 450 g/mol. The molecule has 23 heavy (non-hydrogen) atoms. The summed E-state index contributed by atoms with van der Waals surface area (Å²) >= 11 is 6.62. The third-order valence-electron chi connectivity index (χ3n) is 3.46. The van der Waals surface area contributed by atoms with Crippen molar-refractivity contribution in [2.45, 2.75) is 25.9 Å². The Labute approximate surface area is 152 Å². The normalized spacial score (nSPS) is 11.4. The maximum atomic E-state index is 13.2. The van der Waals surface area contributed by atoms with Gasteiger partial charge in [-0.1, -0.05) is 13.8 Å². The van der Waals surface area contributed by atoms with Crippen molar-refractivity contribution in [3.05, 3.63) is 57.0 Å². The van der Waals surface area contributed by atoms with Crippen LogP contribution in [0.1, 0.15) is 13.8 Å². The van der Waals surface area contributed by atoms with Crippen molar-refractivity contribution in [1.82, 2.24) is 0 Å². The Morgan fingerprint density at radius 3 is 1.52 bits per heavy atom. The molecule has 2 aromatic carbocycles. The Morgan fingerprint density at radius 2 is 1.22 bits per heavy atom. The molecule has 124 valence electrons. The Bertz CT molecular complexity index is 638. The molecule has 0 aromatic heterocycles. The van der Waals surface area contributed by atoms with Crippen LogP contribution in [0.3, 0.4) is 0 Å². The van der Waals surface area contributed by atoms with Gasteiger partial charge in [0.1, 0.15) is 23.1 Å². The van der Waals surface area contributed by atoms with Gasteiger partial charge < -0.3 is 8.85 Å². The molecule has 0 aliphatic carbocycles. The lowest BCUT2D eigenvalue weighted by molar-refractivity contribution is 0.378. The molecule has 2 rings (SSSR count). The number of benzene rings is 2. The number of rotatable bonds is 6. The summed E-state index contributed by atoms with van der Waals surface area (Å²) in [6.45, 7) is 3.98. The number of halogens is 4. The largest absolute Gasteiger partial charge is 0.511 e. The highest BCUT2D eigenvalue weighted by molar-refractivity contribution is 9.10. The van der Waals surface area contributed by atoms with Crippen LogP contribution in [0.15, 0.2) is 45.3 Å². The van der Waals surface area contributed by atoms with E-state index in [-0.39, 0.29) is 11.6 Å². The van der Waals surface area contributed by atoms with E-state index >= 15 is 0 Å². The van der Waals surface area contributed by atoms with Crippen molar-refractivity contribution in [1.29, 1.82) is 0 Å². The van der Waals surface area contributed by atoms with Gasteiger partial charge in [-0.15, -0.1) is 0 Å². The van der Waals surface area contributed by atoms with Gasteiger partial charge in [-0.3, -0.25) is 0 Å². The zero-order valence-electron chi connectivity index (χ0n) is 12.7. The molecule has 0 atom stereocenters. The first-order valence-electron chi connectivity index (χ1n) is 7.17. The third kappa shape index (κ3) is 4.55. The summed E-state index contributed by atoms with van der Waals surface area (Å²) in [5.74, 6) is 0.401. The van der Waals surface area contributed by atoms with Crippen LogP contribution in [0, 0.1) is 11.6 Å². The van der Waals surface area contributed by atoms with Gasteiger partial charge in [-0.05, 0) is 68.3 Å². The molecule has 0 saturated carbocycles. The molecule has 0 heterocycles. The predicted molar refractivity (Wildman–Crippen MR) is 96.2 cm³/mol. The van der Waals surface area contributed by atoms with Gasteiger partial charge in [0.25, 0.3) is 0 Å². The minimum absolute atomic E-state index is 0.341. The van der Waals surface area contributed by atoms with E-state index in [4.69, 9.17) is 8.85 Å². The van der Waals surface area contributed by atoms with Crippen LogP contribution in [0.4, 0.5) is 8.78 Å². The van der Waals surface area contributed by atoms with E-state index in [0.29, 0.717) is 32.5 Å². The van der Waals surface area contributed by atoms with Gasteiger partial charge >= 0.3 is 8.56 Å². The molecule has 0 radical (unpaired) electrons. The van der Waals surface area contributed by atoms with Crippen molar-refractivity contribution >= 4 is 40.4 Å². The second-order valence-electron chi connectivity index (χ2n) is 4.97. The van der Waals surface area contributed by atoms with Crippen LogP contribution in [-0.4, -0.2) is 8.56 Å². The molecule has 0 aliphatic heterocycles. The summed E-state index contributed by atoms with van der Waals surface area (Å²) in [6.07, 6.45) is 0. The third-order valence-corrected chi connectivity index (χ3v) is 8.04. The Hall–Kier alpha value is -0.923. The van der Waals surface area contributed by atoms with E-state index in [1.807, 2.05) is 13.8 Å². The molecule has 0 N–H and O–H groups in total. The lowest BCUT2D eigenvalue weighted by atomic mass is 10.3. The molecular formula is C16H16Br2F2O2Si. The molecule has 0 fully saturated rings. The van der Waals surface area contributed by atoms with Gasteiger partial charge in [-0.25, -0.2) is 8.78 Å². The van der Waals surface area contributed by atoms with Crippen LogP contribution in [-0.2, 0) is 0 Å². The highest BCUT2D eigenvalue weighted by Crippen LogP contribution is 2.34.